The molecule has 4 rings (SSSR count). The van der Waals surface area contributed by atoms with Gasteiger partial charge >= 0.3 is 5.76 Å². The van der Waals surface area contributed by atoms with Crippen LogP contribution in [-0.4, -0.2) is 21.4 Å². The molecular weight excluding hydrogens is 396 g/mol. The zero-order chi connectivity index (χ0) is 21.8. The summed E-state index contributed by atoms with van der Waals surface area (Å²) in [5, 5.41) is 5.61. The van der Waals surface area contributed by atoms with Crippen molar-refractivity contribution in [3.63, 3.8) is 0 Å². The minimum Gasteiger partial charge on any atom is -0.408 e. The number of hydrogen-bond acceptors (Lipinski definition) is 5. The summed E-state index contributed by atoms with van der Waals surface area (Å²) in [4.78, 5) is 41.6. The van der Waals surface area contributed by atoms with Crippen LogP contribution in [0.1, 0.15) is 29.0 Å². The van der Waals surface area contributed by atoms with Crippen molar-refractivity contribution in [2.45, 2.75) is 19.5 Å². The van der Waals surface area contributed by atoms with Crippen LogP contribution < -0.4 is 16.4 Å². The standard InChI is InChI=1S/C23H20N4O4/c1-15(18-9-5-6-12-24-18)25-21(28)14-27-19-13-16(10-11-20(19)31-23(27)30)22(29)26-17-7-3-2-4-8-17/h2-13,15H,14H2,1H3,(H,25,28)(H,26,29). The van der Waals surface area contributed by atoms with E-state index in [2.05, 4.69) is 15.6 Å². The molecule has 0 saturated carbocycles. The van der Waals surface area contributed by atoms with Crippen molar-refractivity contribution in [2.75, 3.05) is 5.32 Å². The van der Waals surface area contributed by atoms with Crippen molar-refractivity contribution in [1.82, 2.24) is 14.9 Å². The quantitative estimate of drug-likeness (QED) is 0.502. The molecule has 8 nitrogen and oxygen atoms in total. The van der Waals surface area contributed by atoms with Gasteiger partial charge in [-0.3, -0.25) is 19.1 Å². The van der Waals surface area contributed by atoms with Crippen LogP contribution in [0.25, 0.3) is 11.1 Å². The Kier molecular flexibility index (Phi) is 5.61. The fraction of sp³-hybridized carbons (Fsp3) is 0.130. The van der Waals surface area contributed by atoms with Gasteiger partial charge in [0.1, 0.15) is 6.54 Å². The third kappa shape index (κ3) is 4.53. The molecular formula is C23H20N4O4. The maximum absolute atomic E-state index is 12.6. The molecule has 1 atom stereocenters. The van der Waals surface area contributed by atoms with E-state index in [4.69, 9.17) is 4.42 Å². The molecule has 8 heteroatoms. The predicted octanol–water partition coefficient (Wildman–Crippen LogP) is 3.12. The summed E-state index contributed by atoms with van der Waals surface area (Å²) in [6.45, 7) is 1.56. The summed E-state index contributed by atoms with van der Waals surface area (Å²) >= 11 is 0. The molecule has 156 valence electrons. The number of anilines is 1. The van der Waals surface area contributed by atoms with E-state index < -0.39 is 5.76 Å². The number of fused-ring (bicyclic) bond motifs is 1. The molecule has 0 aliphatic heterocycles. The minimum atomic E-state index is -0.670. The number of amides is 2. The van der Waals surface area contributed by atoms with Crippen molar-refractivity contribution >= 4 is 28.6 Å². The van der Waals surface area contributed by atoms with Gasteiger partial charge in [-0.05, 0) is 49.4 Å². The first kappa shape index (κ1) is 20.1. The molecule has 0 bridgehead atoms. The predicted molar refractivity (Wildman–Crippen MR) is 116 cm³/mol. The highest BCUT2D eigenvalue weighted by Gasteiger charge is 2.17. The van der Waals surface area contributed by atoms with E-state index in [1.165, 1.54) is 10.6 Å². The lowest BCUT2D eigenvalue weighted by atomic mass is 10.2. The largest absolute Gasteiger partial charge is 0.420 e. The third-order valence-electron chi connectivity index (χ3n) is 4.77. The van der Waals surface area contributed by atoms with Crippen LogP contribution in [0, 0.1) is 0 Å². The summed E-state index contributed by atoms with van der Waals surface area (Å²) in [5.41, 5.74) is 2.37. The second-order valence-electron chi connectivity index (χ2n) is 7.00. The van der Waals surface area contributed by atoms with E-state index in [0.717, 1.165) is 0 Å². The number of carbonyl (C=O) groups is 2. The molecule has 2 aromatic carbocycles. The molecule has 2 N–H and O–H groups in total. The van der Waals surface area contributed by atoms with Gasteiger partial charge in [0, 0.05) is 17.4 Å². The first-order chi connectivity index (χ1) is 15.0. The lowest BCUT2D eigenvalue weighted by molar-refractivity contribution is -0.122. The summed E-state index contributed by atoms with van der Waals surface area (Å²) in [5.74, 6) is -1.38. The molecule has 0 saturated heterocycles. The van der Waals surface area contributed by atoms with Gasteiger partial charge in [-0.15, -0.1) is 0 Å². The molecule has 2 heterocycles. The zero-order valence-corrected chi connectivity index (χ0v) is 16.7. The van der Waals surface area contributed by atoms with Crippen molar-refractivity contribution < 1.29 is 14.0 Å². The normalized spacial score (nSPS) is 11.8. The van der Waals surface area contributed by atoms with Gasteiger partial charge in [-0.1, -0.05) is 24.3 Å². The molecule has 0 spiro atoms. The van der Waals surface area contributed by atoms with Crippen LogP contribution in [0.2, 0.25) is 0 Å². The Morgan fingerprint density at radius 1 is 1.06 bits per heavy atom. The number of nitrogens with zero attached hydrogens (tertiary/aromatic N) is 2. The van der Waals surface area contributed by atoms with Crippen LogP contribution in [-0.2, 0) is 11.3 Å². The SMILES string of the molecule is CC(NC(=O)Cn1c(=O)oc2ccc(C(=O)Nc3ccccc3)cc21)c1ccccn1. The second-order valence-corrected chi connectivity index (χ2v) is 7.00. The fourth-order valence-corrected chi connectivity index (χ4v) is 3.21. The van der Waals surface area contributed by atoms with Crippen LogP contribution in [0.3, 0.4) is 0 Å². The Morgan fingerprint density at radius 3 is 2.58 bits per heavy atom. The maximum Gasteiger partial charge on any atom is 0.420 e. The minimum absolute atomic E-state index is 0.243. The van der Waals surface area contributed by atoms with Crippen LogP contribution in [0.5, 0.6) is 0 Å². The highest BCUT2D eigenvalue weighted by molar-refractivity contribution is 6.05. The number of rotatable bonds is 6. The molecule has 4 aromatic rings. The molecule has 1 unspecified atom stereocenters. The van der Waals surface area contributed by atoms with E-state index in [1.54, 1.807) is 36.5 Å². The highest BCUT2D eigenvalue weighted by Crippen LogP contribution is 2.17. The number of pyridine rings is 1. The van der Waals surface area contributed by atoms with Gasteiger partial charge in [0.05, 0.1) is 17.3 Å². The number of carbonyl (C=O) groups excluding carboxylic acids is 2. The van der Waals surface area contributed by atoms with Gasteiger partial charge < -0.3 is 15.1 Å². The molecule has 2 aromatic heterocycles. The summed E-state index contributed by atoms with van der Waals surface area (Å²) in [6, 6.07) is 18.8. The number of para-hydroxylation sites is 1. The Labute approximate surface area is 177 Å². The van der Waals surface area contributed by atoms with Gasteiger partial charge in [-0.2, -0.15) is 0 Å². The maximum atomic E-state index is 12.6. The Hall–Kier alpha value is -4.20. The van der Waals surface area contributed by atoms with E-state index >= 15 is 0 Å². The first-order valence-corrected chi connectivity index (χ1v) is 9.71. The Balaban J connectivity index is 1.54. The van der Waals surface area contributed by atoms with Gasteiger partial charge in [0.25, 0.3) is 5.91 Å². The average molecular weight is 416 g/mol. The summed E-state index contributed by atoms with van der Waals surface area (Å²) in [7, 11) is 0. The van der Waals surface area contributed by atoms with E-state index in [0.29, 0.717) is 28.0 Å². The summed E-state index contributed by atoms with van der Waals surface area (Å²) < 4.78 is 6.43. The topological polar surface area (TPSA) is 106 Å². The van der Waals surface area contributed by atoms with E-state index in [1.807, 2.05) is 37.3 Å². The highest BCUT2D eigenvalue weighted by atomic mass is 16.4. The second kappa shape index (κ2) is 8.66. The molecule has 2 amide bonds. The lowest BCUT2D eigenvalue weighted by Crippen LogP contribution is -2.32. The van der Waals surface area contributed by atoms with E-state index in [9.17, 15) is 14.4 Å². The smallest absolute Gasteiger partial charge is 0.408 e. The fourth-order valence-electron chi connectivity index (χ4n) is 3.21. The Bertz CT molecular complexity index is 1280. The number of oxazole rings is 1. The first-order valence-electron chi connectivity index (χ1n) is 9.71. The van der Waals surface area contributed by atoms with Gasteiger partial charge in [0.2, 0.25) is 5.91 Å². The van der Waals surface area contributed by atoms with Gasteiger partial charge in [-0.25, -0.2) is 4.79 Å². The van der Waals surface area contributed by atoms with Crippen molar-refractivity contribution in [1.29, 1.82) is 0 Å². The number of benzene rings is 2. The van der Waals surface area contributed by atoms with Crippen molar-refractivity contribution in [3.05, 3.63) is 94.7 Å². The molecule has 0 radical (unpaired) electrons. The van der Waals surface area contributed by atoms with Crippen LogP contribution in [0.15, 0.2) is 82.1 Å². The Morgan fingerprint density at radius 2 is 1.84 bits per heavy atom. The average Bonchev–Trinajstić information content (AvgIpc) is 3.09. The number of hydrogen-bond donors (Lipinski definition) is 2. The molecule has 0 aliphatic carbocycles. The van der Waals surface area contributed by atoms with Crippen molar-refractivity contribution in [2.24, 2.45) is 0 Å². The number of nitrogens with one attached hydrogen (secondary N) is 2. The van der Waals surface area contributed by atoms with E-state index in [-0.39, 0.29) is 24.4 Å². The van der Waals surface area contributed by atoms with Crippen molar-refractivity contribution in [3.8, 4) is 0 Å². The summed E-state index contributed by atoms with van der Waals surface area (Å²) in [6.07, 6.45) is 1.65. The molecule has 0 aliphatic rings. The zero-order valence-electron chi connectivity index (χ0n) is 16.7. The van der Waals surface area contributed by atoms with Crippen LogP contribution >= 0.6 is 0 Å². The van der Waals surface area contributed by atoms with Crippen LogP contribution in [0.4, 0.5) is 5.69 Å². The lowest BCUT2D eigenvalue weighted by Gasteiger charge is -2.13. The molecule has 0 fully saturated rings. The molecule has 31 heavy (non-hydrogen) atoms. The van der Waals surface area contributed by atoms with Gasteiger partial charge in [0.15, 0.2) is 5.58 Å². The number of aromatic nitrogens is 2. The monoisotopic (exact) mass is 416 g/mol. The third-order valence-corrected chi connectivity index (χ3v) is 4.77.